The highest BCUT2D eigenvalue weighted by Crippen LogP contribution is 2.23. The Bertz CT molecular complexity index is 945. The minimum absolute atomic E-state index is 0.452. The molecule has 1 heterocycles. The second-order valence-corrected chi connectivity index (χ2v) is 6.74. The first-order chi connectivity index (χ1) is 15.0. The van der Waals surface area contributed by atoms with Crippen LogP contribution in [-0.2, 0) is 17.6 Å². The molecular weight excluding hydrogens is 394 g/mol. The molecule has 0 saturated heterocycles. The minimum atomic E-state index is -1.01. The summed E-state index contributed by atoms with van der Waals surface area (Å²) in [6.45, 7) is 9.97. The maximum absolute atomic E-state index is 10.8. The predicted octanol–water partition coefficient (Wildman–Crippen LogP) is 5.71. The molecule has 6 nitrogen and oxygen atoms in total. The van der Waals surface area contributed by atoms with E-state index in [-0.39, 0.29) is 0 Å². The number of aromatic nitrogens is 1. The number of benzene rings is 2. The van der Waals surface area contributed by atoms with Crippen LogP contribution in [0.25, 0.3) is 11.5 Å². The Morgan fingerprint density at radius 2 is 1.68 bits per heavy atom. The number of ether oxygens (including phenoxy) is 2. The van der Waals surface area contributed by atoms with Crippen LogP contribution in [0.5, 0.6) is 11.5 Å². The van der Waals surface area contributed by atoms with Gasteiger partial charge in [-0.1, -0.05) is 32.9 Å². The van der Waals surface area contributed by atoms with Gasteiger partial charge < -0.3 is 19.0 Å². The lowest BCUT2D eigenvalue weighted by molar-refractivity contribution is -0.144. The third-order valence-electron chi connectivity index (χ3n) is 4.59. The maximum Gasteiger partial charge on any atom is 0.344 e. The molecule has 0 bridgehead atoms. The minimum Gasteiger partial charge on any atom is -0.493 e. The molecule has 166 valence electrons. The van der Waals surface area contributed by atoms with E-state index in [9.17, 15) is 4.79 Å². The quantitative estimate of drug-likeness (QED) is 0.473. The Hall–Kier alpha value is -3.28. The van der Waals surface area contributed by atoms with E-state index in [2.05, 4.69) is 24.0 Å². The van der Waals surface area contributed by atoms with Gasteiger partial charge in [-0.05, 0) is 62.2 Å². The summed E-state index contributed by atoms with van der Waals surface area (Å²) in [6, 6.07) is 15.1. The van der Waals surface area contributed by atoms with E-state index in [1.165, 1.54) is 12.5 Å². The summed E-state index contributed by atoms with van der Waals surface area (Å²) in [6.07, 6.45) is 0.722. The third kappa shape index (κ3) is 6.88. The van der Waals surface area contributed by atoms with Gasteiger partial charge in [0.05, 0.1) is 12.3 Å². The van der Waals surface area contributed by atoms with Crippen LogP contribution in [0.4, 0.5) is 0 Å². The van der Waals surface area contributed by atoms with Crippen LogP contribution < -0.4 is 9.47 Å². The average molecular weight is 426 g/mol. The van der Waals surface area contributed by atoms with Crippen LogP contribution in [0.15, 0.2) is 52.9 Å². The van der Waals surface area contributed by atoms with E-state index >= 15 is 0 Å². The fourth-order valence-electron chi connectivity index (χ4n) is 2.80. The summed E-state index contributed by atoms with van der Waals surface area (Å²) < 4.78 is 16.9. The molecule has 1 atom stereocenters. The van der Waals surface area contributed by atoms with Crippen LogP contribution in [0.2, 0.25) is 0 Å². The lowest BCUT2D eigenvalue weighted by Gasteiger charge is -2.11. The normalized spacial score (nSPS) is 11.3. The van der Waals surface area contributed by atoms with Crippen molar-refractivity contribution in [3.63, 3.8) is 0 Å². The Labute approximate surface area is 183 Å². The summed E-state index contributed by atoms with van der Waals surface area (Å²) in [5, 5.41) is 8.88. The van der Waals surface area contributed by atoms with Crippen molar-refractivity contribution in [2.45, 2.75) is 53.6 Å². The van der Waals surface area contributed by atoms with Crippen LogP contribution in [0.3, 0.4) is 0 Å². The van der Waals surface area contributed by atoms with Crippen molar-refractivity contribution < 1.29 is 23.8 Å². The number of hydrogen-bond acceptors (Lipinski definition) is 5. The molecule has 3 aromatic rings. The van der Waals surface area contributed by atoms with Gasteiger partial charge in [0.2, 0.25) is 5.89 Å². The molecule has 0 fully saturated rings. The number of oxazole rings is 1. The number of nitrogens with zero attached hydrogens (tertiary/aromatic N) is 1. The second-order valence-electron chi connectivity index (χ2n) is 6.74. The monoisotopic (exact) mass is 425 g/mol. The molecular formula is C25H31NO5. The van der Waals surface area contributed by atoms with Gasteiger partial charge in [-0.15, -0.1) is 0 Å². The van der Waals surface area contributed by atoms with Crippen molar-refractivity contribution in [2.75, 3.05) is 6.61 Å². The van der Waals surface area contributed by atoms with Crippen molar-refractivity contribution in [1.82, 2.24) is 4.98 Å². The number of hydrogen-bond donors (Lipinski definition) is 1. The molecule has 0 aliphatic carbocycles. The number of aliphatic carboxylic acids is 1. The predicted molar refractivity (Wildman–Crippen MR) is 121 cm³/mol. The molecule has 0 aliphatic heterocycles. The Kier molecular flexibility index (Phi) is 9.13. The zero-order valence-corrected chi connectivity index (χ0v) is 18.8. The first kappa shape index (κ1) is 24.0. The molecule has 1 unspecified atom stereocenters. The Balaban J connectivity index is 0.00000166. The summed E-state index contributed by atoms with van der Waals surface area (Å²) >= 11 is 0. The molecule has 31 heavy (non-hydrogen) atoms. The molecule has 3 rings (SSSR count). The highest BCUT2D eigenvalue weighted by atomic mass is 16.5. The van der Waals surface area contributed by atoms with Crippen molar-refractivity contribution >= 4 is 5.97 Å². The van der Waals surface area contributed by atoms with E-state index < -0.39 is 12.1 Å². The second kappa shape index (κ2) is 11.8. The van der Waals surface area contributed by atoms with E-state index in [1.54, 1.807) is 24.3 Å². The van der Waals surface area contributed by atoms with Crippen molar-refractivity contribution in [1.29, 1.82) is 0 Å². The van der Waals surface area contributed by atoms with E-state index in [0.717, 1.165) is 23.4 Å². The zero-order valence-electron chi connectivity index (χ0n) is 18.8. The molecule has 0 radical (unpaired) electrons. The van der Waals surface area contributed by atoms with Crippen LogP contribution >= 0.6 is 0 Å². The van der Waals surface area contributed by atoms with Gasteiger partial charge in [-0.3, -0.25) is 0 Å². The summed E-state index contributed by atoms with van der Waals surface area (Å²) in [7, 11) is 0. The van der Waals surface area contributed by atoms with Gasteiger partial charge in [-0.2, -0.15) is 0 Å². The van der Waals surface area contributed by atoms with Gasteiger partial charge in [0.15, 0.2) is 6.10 Å². The van der Waals surface area contributed by atoms with Crippen molar-refractivity contribution in [3.8, 4) is 23.0 Å². The number of carboxylic acid groups (broad SMARTS) is 1. The molecule has 1 N–H and O–H groups in total. The van der Waals surface area contributed by atoms with Gasteiger partial charge in [0.1, 0.15) is 17.3 Å². The van der Waals surface area contributed by atoms with Crippen LogP contribution in [0.1, 0.15) is 44.7 Å². The fourth-order valence-corrected chi connectivity index (χ4v) is 2.80. The molecule has 0 aliphatic rings. The van der Waals surface area contributed by atoms with Gasteiger partial charge in [0.25, 0.3) is 0 Å². The standard InChI is InChI=1S/C23H25NO5.C2H6/c1-4-17-5-7-18(8-6-17)22-24-21(15(2)29-22)13-14-27-19-9-11-20(12-10-19)28-16(3)23(25)26;1-2/h5-12,16H,4,13-14H2,1-3H3,(H,25,26);1-2H3. The lowest BCUT2D eigenvalue weighted by Crippen LogP contribution is -2.22. The molecule has 1 aromatic heterocycles. The van der Waals surface area contributed by atoms with Crippen molar-refractivity contribution in [3.05, 3.63) is 65.5 Å². The zero-order chi connectivity index (χ0) is 22.8. The number of carboxylic acids is 1. The highest BCUT2D eigenvalue weighted by Gasteiger charge is 2.13. The van der Waals surface area contributed by atoms with Crippen LogP contribution in [0, 0.1) is 6.92 Å². The lowest BCUT2D eigenvalue weighted by atomic mass is 10.1. The molecule has 0 spiro atoms. The molecule has 2 aromatic carbocycles. The SMILES string of the molecule is CC.CCc1ccc(-c2nc(CCOc3ccc(OC(C)C(=O)O)cc3)c(C)o2)cc1. The first-order valence-electron chi connectivity index (χ1n) is 10.6. The number of rotatable bonds is 9. The third-order valence-corrected chi connectivity index (χ3v) is 4.59. The van der Waals surface area contributed by atoms with Gasteiger partial charge >= 0.3 is 5.97 Å². The number of carbonyl (C=O) groups is 1. The summed E-state index contributed by atoms with van der Waals surface area (Å²) in [5.41, 5.74) is 3.11. The topological polar surface area (TPSA) is 81.8 Å². The maximum atomic E-state index is 10.8. The molecule has 0 saturated carbocycles. The summed E-state index contributed by atoms with van der Waals surface area (Å²) in [4.78, 5) is 15.4. The average Bonchev–Trinajstić information content (AvgIpc) is 3.16. The number of aryl methyl sites for hydroxylation is 2. The fraction of sp³-hybridized carbons (Fsp3) is 0.360. The largest absolute Gasteiger partial charge is 0.493 e. The Morgan fingerprint density at radius 3 is 2.26 bits per heavy atom. The van der Waals surface area contributed by atoms with Crippen LogP contribution in [-0.4, -0.2) is 28.8 Å². The molecule has 0 amide bonds. The summed E-state index contributed by atoms with van der Waals surface area (Å²) in [5.74, 6) is 1.56. The van der Waals surface area contributed by atoms with Gasteiger partial charge in [0, 0.05) is 12.0 Å². The van der Waals surface area contributed by atoms with Crippen molar-refractivity contribution in [2.24, 2.45) is 0 Å². The van der Waals surface area contributed by atoms with Gasteiger partial charge in [-0.25, -0.2) is 9.78 Å². The molecule has 6 heteroatoms. The highest BCUT2D eigenvalue weighted by molar-refractivity contribution is 5.72. The first-order valence-corrected chi connectivity index (χ1v) is 10.6. The van der Waals surface area contributed by atoms with E-state index in [0.29, 0.717) is 30.4 Å². The van der Waals surface area contributed by atoms with E-state index in [1.807, 2.05) is 32.9 Å². The smallest absolute Gasteiger partial charge is 0.344 e. The Morgan fingerprint density at radius 1 is 1.06 bits per heavy atom. The van der Waals surface area contributed by atoms with E-state index in [4.69, 9.17) is 19.0 Å².